The van der Waals surface area contributed by atoms with Crippen LogP contribution in [0.3, 0.4) is 0 Å². The van der Waals surface area contributed by atoms with Crippen molar-refractivity contribution in [1.29, 1.82) is 5.26 Å². The largest absolute Gasteiger partial charge is 0.206 e. The zero-order chi connectivity index (χ0) is 19.3. The fourth-order valence-corrected chi connectivity index (χ4v) is 1.18. The van der Waals surface area contributed by atoms with Gasteiger partial charge in [-0.25, -0.2) is 4.39 Å². The van der Waals surface area contributed by atoms with Gasteiger partial charge in [-0.1, -0.05) is 77.1 Å². The molecule has 0 aliphatic carbocycles. The summed E-state index contributed by atoms with van der Waals surface area (Å²) in [4.78, 5) is 0. The highest BCUT2D eigenvalue weighted by atomic mass is 19.1. The molecule has 0 N–H and O–H groups in total. The zero-order valence-corrected chi connectivity index (χ0v) is 15.0. The van der Waals surface area contributed by atoms with Gasteiger partial charge in [0, 0.05) is 11.1 Å². The maximum absolute atomic E-state index is 14.1. The van der Waals surface area contributed by atoms with Crippen LogP contribution in [0, 0.1) is 11.3 Å². The van der Waals surface area contributed by atoms with E-state index in [1.807, 2.05) is 26.8 Å². The Labute approximate surface area is 146 Å². The smallest absolute Gasteiger partial charge is 0.131 e. The average Bonchev–Trinajstić information content (AvgIpc) is 2.57. The van der Waals surface area contributed by atoms with Crippen LogP contribution in [0.2, 0.25) is 0 Å². The van der Waals surface area contributed by atoms with Crippen molar-refractivity contribution in [3.05, 3.63) is 109 Å². The van der Waals surface area contributed by atoms with E-state index in [1.54, 1.807) is 12.2 Å². The highest BCUT2D eigenvalue weighted by Gasteiger charge is 2.05. The summed E-state index contributed by atoms with van der Waals surface area (Å²) in [5.41, 5.74) is 2.57. The highest BCUT2D eigenvalue weighted by molar-refractivity contribution is 5.53. The molecule has 0 fully saturated rings. The molecule has 0 aromatic rings. The predicted octanol–water partition coefficient (Wildman–Crippen LogP) is 6.86. The first-order valence-corrected chi connectivity index (χ1v) is 7.43. The number of rotatable bonds is 8. The summed E-state index contributed by atoms with van der Waals surface area (Å²) in [6.07, 6.45) is 7.65. The lowest BCUT2D eigenvalue weighted by molar-refractivity contribution is 0.655. The molecule has 0 radical (unpaired) electrons. The highest BCUT2D eigenvalue weighted by Crippen LogP contribution is 2.22. The first-order valence-electron chi connectivity index (χ1n) is 7.43. The SMILES string of the molecule is C=C(C)/C=C\C(=C)C(=C)/C=C(/F)C(=C)C(=C)/C=C\C(=C)C#N.CC. The molecule has 0 rings (SSSR count). The molecule has 0 aliphatic heterocycles. The summed E-state index contributed by atoms with van der Waals surface area (Å²) < 4.78 is 14.1. The van der Waals surface area contributed by atoms with E-state index in [4.69, 9.17) is 5.26 Å². The van der Waals surface area contributed by atoms with Gasteiger partial charge in [0.1, 0.15) is 5.83 Å². The summed E-state index contributed by atoms with van der Waals surface area (Å²) >= 11 is 0. The summed E-state index contributed by atoms with van der Waals surface area (Å²) in [5.74, 6) is -0.563. The number of hydrogen-bond acceptors (Lipinski definition) is 1. The first kappa shape index (κ1) is 23.3. The lowest BCUT2D eigenvalue weighted by Crippen LogP contribution is -1.88. The monoisotopic (exact) mass is 323 g/mol. The van der Waals surface area contributed by atoms with Crippen molar-refractivity contribution < 1.29 is 4.39 Å². The van der Waals surface area contributed by atoms with Crippen molar-refractivity contribution in [2.75, 3.05) is 0 Å². The van der Waals surface area contributed by atoms with Gasteiger partial charge in [-0.05, 0) is 35.8 Å². The zero-order valence-electron chi connectivity index (χ0n) is 15.0. The van der Waals surface area contributed by atoms with Crippen LogP contribution < -0.4 is 0 Å². The number of nitriles is 1. The number of hydrogen-bond donors (Lipinski definition) is 0. The number of allylic oxidation sites excluding steroid dienone is 12. The molecule has 0 atom stereocenters. The second kappa shape index (κ2) is 12.6. The molecule has 0 aliphatic rings. The van der Waals surface area contributed by atoms with Crippen molar-refractivity contribution in [3.8, 4) is 6.07 Å². The number of halogens is 1. The molecule has 0 saturated carbocycles. The molecule has 0 spiro atoms. The minimum atomic E-state index is -0.563. The van der Waals surface area contributed by atoms with E-state index in [9.17, 15) is 4.39 Å². The van der Waals surface area contributed by atoms with E-state index >= 15 is 0 Å². The normalized spacial score (nSPS) is 10.5. The van der Waals surface area contributed by atoms with Crippen LogP contribution in [-0.2, 0) is 0 Å². The molecular weight excluding hydrogens is 297 g/mol. The standard InChI is InChI=1S/C20H20FN.C2H6/c1-14(2)8-10-16(4)18(6)12-20(21)19(7)17(5)11-9-15(3)13-22;1-2/h8-12H,1,3-7H2,2H3;1-2H3/b10-8-,11-9-,20-12+;. The second-order valence-electron chi connectivity index (χ2n) is 4.70. The third kappa shape index (κ3) is 9.92. The second-order valence-corrected chi connectivity index (χ2v) is 4.70. The molecule has 0 bridgehead atoms. The van der Waals surface area contributed by atoms with Crippen molar-refractivity contribution >= 4 is 0 Å². The third-order valence-corrected chi connectivity index (χ3v) is 2.59. The van der Waals surface area contributed by atoms with Gasteiger partial charge in [-0.2, -0.15) is 5.26 Å². The Morgan fingerprint density at radius 1 is 0.833 bits per heavy atom. The van der Waals surface area contributed by atoms with Gasteiger partial charge in [0.25, 0.3) is 0 Å². The van der Waals surface area contributed by atoms with Crippen LogP contribution in [0.4, 0.5) is 4.39 Å². The summed E-state index contributed by atoms with van der Waals surface area (Å²) in [7, 11) is 0. The van der Waals surface area contributed by atoms with E-state index in [0.29, 0.717) is 16.7 Å². The molecule has 0 amide bonds. The quantitative estimate of drug-likeness (QED) is 0.353. The number of nitrogens with zero attached hydrogens (tertiary/aromatic N) is 1. The molecule has 2 heteroatoms. The van der Waals surface area contributed by atoms with Crippen LogP contribution >= 0.6 is 0 Å². The van der Waals surface area contributed by atoms with Crippen LogP contribution in [0.5, 0.6) is 0 Å². The Hall–Kier alpha value is -2.92. The lowest BCUT2D eigenvalue weighted by Gasteiger charge is -2.05. The lowest BCUT2D eigenvalue weighted by atomic mass is 10.0. The molecule has 126 valence electrons. The summed E-state index contributed by atoms with van der Waals surface area (Å²) in [5, 5.41) is 8.59. The maximum Gasteiger partial charge on any atom is 0.131 e. The predicted molar refractivity (Wildman–Crippen MR) is 105 cm³/mol. The van der Waals surface area contributed by atoms with E-state index in [0.717, 1.165) is 5.57 Å². The topological polar surface area (TPSA) is 23.8 Å². The van der Waals surface area contributed by atoms with Crippen LogP contribution in [0.1, 0.15) is 20.8 Å². The Balaban J connectivity index is 0. The average molecular weight is 323 g/mol. The first-order chi connectivity index (χ1) is 11.2. The molecule has 0 unspecified atom stereocenters. The Morgan fingerprint density at radius 3 is 1.79 bits per heavy atom. The molecule has 24 heavy (non-hydrogen) atoms. The van der Waals surface area contributed by atoms with Crippen molar-refractivity contribution in [3.63, 3.8) is 0 Å². The molecule has 0 aromatic heterocycles. The van der Waals surface area contributed by atoms with Gasteiger partial charge < -0.3 is 0 Å². The van der Waals surface area contributed by atoms with E-state index < -0.39 is 5.83 Å². The van der Waals surface area contributed by atoms with Crippen LogP contribution in [0.25, 0.3) is 0 Å². The molecule has 0 heterocycles. The van der Waals surface area contributed by atoms with E-state index in [1.165, 1.54) is 18.2 Å². The van der Waals surface area contributed by atoms with Gasteiger partial charge in [-0.15, -0.1) is 0 Å². The van der Waals surface area contributed by atoms with Crippen LogP contribution in [-0.4, -0.2) is 0 Å². The van der Waals surface area contributed by atoms with Gasteiger partial charge >= 0.3 is 0 Å². The third-order valence-electron chi connectivity index (χ3n) is 2.59. The Bertz CT molecular complexity index is 673. The maximum atomic E-state index is 14.1. The van der Waals surface area contributed by atoms with Crippen molar-refractivity contribution in [1.82, 2.24) is 0 Å². The van der Waals surface area contributed by atoms with Gasteiger partial charge in [0.05, 0.1) is 6.07 Å². The summed E-state index contributed by atoms with van der Waals surface area (Å²) in [6, 6.07) is 1.86. The van der Waals surface area contributed by atoms with Crippen molar-refractivity contribution in [2.45, 2.75) is 20.8 Å². The van der Waals surface area contributed by atoms with Gasteiger partial charge in [0.2, 0.25) is 0 Å². The molecule has 0 saturated heterocycles. The molecule has 0 aromatic carbocycles. The van der Waals surface area contributed by atoms with Crippen LogP contribution in [0.15, 0.2) is 109 Å². The Kier molecular flexibility index (Phi) is 12.3. The molecular formula is C22H26FN. The fraction of sp³-hybridized carbons (Fsp3) is 0.136. The molecule has 1 nitrogen and oxygen atoms in total. The fourth-order valence-electron chi connectivity index (χ4n) is 1.18. The van der Waals surface area contributed by atoms with Crippen molar-refractivity contribution in [2.24, 2.45) is 0 Å². The van der Waals surface area contributed by atoms with Gasteiger partial charge in [-0.3, -0.25) is 0 Å². The minimum absolute atomic E-state index is 0.111. The minimum Gasteiger partial charge on any atom is -0.206 e. The Morgan fingerprint density at radius 2 is 1.33 bits per heavy atom. The van der Waals surface area contributed by atoms with E-state index in [2.05, 4.69) is 39.5 Å². The summed E-state index contributed by atoms with van der Waals surface area (Å²) in [6.45, 7) is 28.0. The van der Waals surface area contributed by atoms with E-state index in [-0.39, 0.29) is 11.1 Å². The van der Waals surface area contributed by atoms with Gasteiger partial charge in [0.15, 0.2) is 0 Å².